The van der Waals surface area contributed by atoms with Gasteiger partial charge in [-0.05, 0) is 61.6 Å². The molecule has 3 aromatic rings. The van der Waals surface area contributed by atoms with Crippen LogP contribution in [0.4, 0.5) is 11.7 Å². The van der Waals surface area contributed by atoms with Gasteiger partial charge in [0.05, 0.1) is 4.90 Å². The molecule has 0 aliphatic carbocycles. The molecule has 1 fully saturated rings. The van der Waals surface area contributed by atoms with E-state index in [9.17, 15) is 13.2 Å². The minimum absolute atomic E-state index is 0.197. The quantitative estimate of drug-likeness (QED) is 0.607. The van der Waals surface area contributed by atoms with Crippen LogP contribution < -0.4 is 14.9 Å². The summed E-state index contributed by atoms with van der Waals surface area (Å²) in [6, 6.07) is 13.1. The highest BCUT2D eigenvalue weighted by Crippen LogP contribution is 2.26. The topological polar surface area (TPSA) is 105 Å². The van der Waals surface area contributed by atoms with Gasteiger partial charge in [-0.25, -0.2) is 13.1 Å². The van der Waals surface area contributed by atoms with Crippen LogP contribution in [-0.2, 0) is 14.8 Å². The van der Waals surface area contributed by atoms with E-state index < -0.39 is 10.0 Å². The maximum Gasteiger partial charge on any atom is 0.298 e. The molecule has 0 unspecified atom stereocenters. The number of benzene rings is 2. The van der Waals surface area contributed by atoms with E-state index in [2.05, 4.69) is 19.9 Å². The van der Waals surface area contributed by atoms with Crippen LogP contribution in [0.5, 0.6) is 0 Å². The van der Waals surface area contributed by atoms with Gasteiger partial charge in [0, 0.05) is 32.2 Å². The average Bonchev–Trinajstić information content (AvgIpc) is 3.16. The number of piperidine rings is 1. The SMILES string of the molecule is CC(=O)Nc1ccc(S(=O)(=O)NCC2CCN(c3nc4ccccc4o3)CC2)c(C)c1. The zero-order valence-corrected chi connectivity index (χ0v) is 18.4. The van der Waals surface area contributed by atoms with Crippen molar-refractivity contribution in [1.29, 1.82) is 0 Å². The molecule has 0 radical (unpaired) electrons. The highest BCUT2D eigenvalue weighted by Gasteiger charge is 2.25. The van der Waals surface area contributed by atoms with E-state index in [0.29, 0.717) is 23.8 Å². The largest absolute Gasteiger partial charge is 0.423 e. The third-order valence-electron chi connectivity index (χ3n) is 5.51. The molecular weight excluding hydrogens is 416 g/mol. The van der Waals surface area contributed by atoms with E-state index in [1.807, 2.05) is 24.3 Å². The zero-order chi connectivity index (χ0) is 22.0. The maximum absolute atomic E-state index is 12.8. The molecule has 0 saturated carbocycles. The lowest BCUT2D eigenvalue weighted by molar-refractivity contribution is -0.114. The molecule has 1 amide bonds. The Labute approximate surface area is 181 Å². The number of hydrogen-bond donors (Lipinski definition) is 2. The molecular formula is C22H26N4O4S. The standard InChI is InChI=1S/C22H26N4O4S/c1-15-13-18(24-16(2)27)7-8-21(15)31(28,29)23-14-17-9-11-26(12-10-17)22-25-19-5-3-4-6-20(19)30-22/h3-8,13,17,23H,9-12,14H2,1-2H3,(H,24,27). The molecule has 0 atom stereocenters. The number of nitrogens with one attached hydrogen (secondary N) is 2. The van der Waals surface area contributed by atoms with Crippen LogP contribution in [0.25, 0.3) is 11.1 Å². The van der Waals surface area contributed by atoms with E-state index in [4.69, 9.17) is 4.42 Å². The number of carbonyl (C=O) groups is 1. The first-order chi connectivity index (χ1) is 14.8. The molecule has 0 bridgehead atoms. The first-order valence-electron chi connectivity index (χ1n) is 10.3. The van der Waals surface area contributed by atoms with Gasteiger partial charge in [-0.15, -0.1) is 0 Å². The summed E-state index contributed by atoms with van der Waals surface area (Å²) in [5.74, 6) is 0.0479. The number of hydrogen-bond acceptors (Lipinski definition) is 6. The van der Waals surface area contributed by atoms with Crippen LogP contribution >= 0.6 is 0 Å². The molecule has 9 heteroatoms. The van der Waals surface area contributed by atoms with Gasteiger partial charge < -0.3 is 14.6 Å². The van der Waals surface area contributed by atoms with Crippen molar-refractivity contribution in [3.05, 3.63) is 48.0 Å². The molecule has 0 spiro atoms. The Hall–Kier alpha value is -2.91. The number of oxazole rings is 1. The number of amides is 1. The third kappa shape index (κ3) is 4.88. The lowest BCUT2D eigenvalue weighted by atomic mass is 9.97. The normalized spacial score (nSPS) is 15.4. The van der Waals surface area contributed by atoms with Gasteiger partial charge in [0.15, 0.2) is 5.58 Å². The second-order valence-corrected chi connectivity index (χ2v) is 9.64. The minimum Gasteiger partial charge on any atom is -0.423 e. The lowest BCUT2D eigenvalue weighted by Crippen LogP contribution is -2.38. The third-order valence-corrected chi connectivity index (χ3v) is 7.10. The molecule has 1 aliphatic rings. The number of para-hydroxylation sites is 2. The van der Waals surface area contributed by atoms with E-state index in [1.54, 1.807) is 19.1 Å². The Morgan fingerprint density at radius 2 is 1.94 bits per heavy atom. The summed E-state index contributed by atoms with van der Waals surface area (Å²) in [6.45, 7) is 5.06. The minimum atomic E-state index is -3.63. The molecule has 2 aromatic carbocycles. The van der Waals surface area contributed by atoms with Crippen molar-refractivity contribution in [2.75, 3.05) is 29.9 Å². The lowest BCUT2D eigenvalue weighted by Gasteiger charge is -2.30. The number of carbonyl (C=O) groups excluding carboxylic acids is 1. The number of sulfonamides is 1. The zero-order valence-electron chi connectivity index (χ0n) is 17.6. The molecule has 8 nitrogen and oxygen atoms in total. The second-order valence-electron chi connectivity index (χ2n) is 7.91. The molecule has 31 heavy (non-hydrogen) atoms. The molecule has 1 saturated heterocycles. The first-order valence-corrected chi connectivity index (χ1v) is 11.8. The fraction of sp³-hybridized carbons (Fsp3) is 0.364. The van der Waals surface area contributed by atoms with Crippen molar-refractivity contribution in [2.45, 2.75) is 31.6 Å². The summed E-state index contributed by atoms with van der Waals surface area (Å²) in [5.41, 5.74) is 2.78. The fourth-order valence-corrected chi connectivity index (χ4v) is 5.20. The first kappa shape index (κ1) is 21.3. The summed E-state index contributed by atoms with van der Waals surface area (Å²) >= 11 is 0. The van der Waals surface area contributed by atoms with Gasteiger partial charge in [0.2, 0.25) is 15.9 Å². The predicted octanol–water partition coefficient (Wildman–Crippen LogP) is 3.29. The number of rotatable bonds is 6. The van der Waals surface area contributed by atoms with Gasteiger partial charge in [0.25, 0.3) is 6.01 Å². The number of fused-ring (bicyclic) bond motifs is 1. The van der Waals surface area contributed by atoms with Crippen LogP contribution in [0.1, 0.15) is 25.3 Å². The Kier molecular flexibility index (Phi) is 5.97. The highest BCUT2D eigenvalue weighted by atomic mass is 32.2. The highest BCUT2D eigenvalue weighted by molar-refractivity contribution is 7.89. The van der Waals surface area contributed by atoms with Gasteiger partial charge in [-0.3, -0.25) is 4.79 Å². The maximum atomic E-state index is 12.8. The Balaban J connectivity index is 1.34. The van der Waals surface area contributed by atoms with Crippen LogP contribution in [0.3, 0.4) is 0 Å². The predicted molar refractivity (Wildman–Crippen MR) is 120 cm³/mol. The number of anilines is 2. The second kappa shape index (κ2) is 8.68. The van der Waals surface area contributed by atoms with Crippen LogP contribution in [0.15, 0.2) is 51.8 Å². The summed E-state index contributed by atoms with van der Waals surface area (Å²) in [7, 11) is -3.63. The van der Waals surface area contributed by atoms with Crippen LogP contribution in [0, 0.1) is 12.8 Å². The summed E-state index contributed by atoms with van der Waals surface area (Å²) in [4.78, 5) is 18.1. The molecule has 164 valence electrons. The Morgan fingerprint density at radius 1 is 1.19 bits per heavy atom. The number of aryl methyl sites for hydroxylation is 1. The van der Waals surface area contributed by atoms with Crippen molar-refractivity contribution < 1.29 is 17.6 Å². The Bertz CT molecular complexity index is 1160. The van der Waals surface area contributed by atoms with Gasteiger partial charge in [0.1, 0.15) is 5.52 Å². The molecule has 4 rings (SSSR count). The molecule has 1 aromatic heterocycles. The summed E-state index contributed by atoms with van der Waals surface area (Å²) < 4.78 is 34.1. The molecule has 2 heterocycles. The summed E-state index contributed by atoms with van der Waals surface area (Å²) in [5, 5.41) is 2.66. The van der Waals surface area contributed by atoms with Crippen molar-refractivity contribution in [2.24, 2.45) is 5.92 Å². The summed E-state index contributed by atoms with van der Waals surface area (Å²) in [6.07, 6.45) is 1.70. The molecule has 2 N–H and O–H groups in total. The monoisotopic (exact) mass is 442 g/mol. The van der Waals surface area contributed by atoms with E-state index >= 15 is 0 Å². The van der Waals surface area contributed by atoms with Crippen molar-refractivity contribution >= 4 is 38.7 Å². The van der Waals surface area contributed by atoms with Crippen molar-refractivity contribution in [3.8, 4) is 0 Å². The average molecular weight is 443 g/mol. The van der Waals surface area contributed by atoms with Gasteiger partial charge >= 0.3 is 0 Å². The van der Waals surface area contributed by atoms with Crippen molar-refractivity contribution in [3.63, 3.8) is 0 Å². The van der Waals surface area contributed by atoms with Crippen LogP contribution in [-0.4, -0.2) is 38.9 Å². The van der Waals surface area contributed by atoms with E-state index in [0.717, 1.165) is 37.0 Å². The van der Waals surface area contributed by atoms with Gasteiger partial charge in [-0.1, -0.05) is 12.1 Å². The number of aromatic nitrogens is 1. The van der Waals surface area contributed by atoms with E-state index in [1.165, 1.54) is 13.0 Å². The number of nitrogens with zero attached hydrogens (tertiary/aromatic N) is 2. The van der Waals surface area contributed by atoms with E-state index in [-0.39, 0.29) is 16.7 Å². The fourth-order valence-electron chi connectivity index (χ4n) is 3.86. The molecule has 1 aliphatic heterocycles. The smallest absolute Gasteiger partial charge is 0.298 e. The Morgan fingerprint density at radius 3 is 2.61 bits per heavy atom. The van der Waals surface area contributed by atoms with Crippen LogP contribution in [0.2, 0.25) is 0 Å². The van der Waals surface area contributed by atoms with Gasteiger partial charge in [-0.2, -0.15) is 4.98 Å². The van der Waals surface area contributed by atoms with Crippen molar-refractivity contribution in [1.82, 2.24) is 9.71 Å².